The number of halogens is 1. The molecule has 3 heteroatoms. The van der Waals surface area contributed by atoms with Crippen molar-refractivity contribution in [1.29, 1.82) is 0 Å². The third kappa shape index (κ3) is 3.87. The normalized spacial score (nSPS) is 12.2. The number of aromatic nitrogens is 1. The van der Waals surface area contributed by atoms with Gasteiger partial charge in [-0.05, 0) is 47.0 Å². The SMILES string of the molecule is C[C@@H](NCc1ccc(Cl)c(-c2cccnc2)c1)c1cccc2ccccc12. The van der Waals surface area contributed by atoms with E-state index in [9.17, 15) is 0 Å². The number of hydrogen-bond acceptors (Lipinski definition) is 2. The van der Waals surface area contributed by atoms with E-state index in [1.807, 2.05) is 24.4 Å². The fraction of sp³-hybridized carbons (Fsp3) is 0.125. The second-order valence-corrected chi connectivity index (χ2v) is 7.13. The van der Waals surface area contributed by atoms with Crippen LogP contribution in [0.5, 0.6) is 0 Å². The van der Waals surface area contributed by atoms with Gasteiger partial charge in [0.15, 0.2) is 0 Å². The molecule has 27 heavy (non-hydrogen) atoms. The number of fused-ring (bicyclic) bond motifs is 1. The standard InChI is InChI=1S/C24H21ClN2/c1-17(21-10-4-7-19-6-2-3-9-22(19)21)27-15-18-11-12-24(25)23(14-18)20-8-5-13-26-16-20/h2-14,16-17,27H,15H2,1H3/t17-/m1/s1. The molecule has 1 atom stereocenters. The molecule has 4 aromatic rings. The van der Waals surface area contributed by atoms with Crippen LogP contribution in [-0.4, -0.2) is 4.98 Å². The summed E-state index contributed by atoms with van der Waals surface area (Å²) in [6.45, 7) is 2.98. The maximum Gasteiger partial charge on any atom is 0.0485 e. The lowest BCUT2D eigenvalue weighted by molar-refractivity contribution is 0.578. The molecule has 0 spiro atoms. The maximum atomic E-state index is 6.41. The van der Waals surface area contributed by atoms with Gasteiger partial charge < -0.3 is 5.32 Å². The highest BCUT2D eigenvalue weighted by Crippen LogP contribution is 2.29. The Morgan fingerprint density at radius 2 is 1.81 bits per heavy atom. The van der Waals surface area contributed by atoms with Gasteiger partial charge in [-0.25, -0.2) is 0 Å². The second kappa shape index (κ2) is 7.91. The zero-order valence-corrected chi connectivity index (χ0v) is 15.9. The first kappa shape index (κ1) is 17.7. The molecule has 1 aromatic heterocycles. The molecule has 0 aliphatic carbocycles. The Kier molecular flexibility index (Phi) is 5.19. The highest BCUT2D eigenvalue weighted by atomic mass is 35.5. The van der Waals surface area contributed by atoms with Gasteiger partial charge >= 0.3 is 0 Å². The van der Waals surface area contributed by atoms with E-state index in [-0.39, 0.29) is 6.04 Å². The fourth-order valence-corrected chi connectivity index (χ4v) is 3.66. The van der Waals surface area contributed by atoms with Crippen LogP contribution in [0.1, 0.15) is 24.1 Å². The van der Waals surface area contributed by atoms with Crippen molar-refractivity contribution < 1.29 is 0 Å². The van der Waals surface area contributed by atoms with Crippen LogP contribution < -0.4 is 5.32 Å². The smallest absolute Gasteiger partial charge is 0.0485 e. The van der Waals surface area contributed by atoms with Gasteiger partial charge in [0, 0.05) is 41.1 Å². The molecular weight excluding hydrogens is 352 g/mol. The number of benzene rings is 3. The summed E-state index contributed by atoms with van der Waals surface area (Å²) in [4.78, 5) is 4.20. The van der Waals surface area contributed by atoms with Gasteiger partial charge in [0.05, 0.1) is 0 Å². The highest BCUT2D eigenvalue weighted by Gasteiger charge is 2.10. The Hall–Kier alpha value is -2.68. The predicted octanol–water partition coefficient (Wildman–Crippen LogP) is 6.41. The zero-order valence-electron chi connectivity index (χ0n) is 15.2. The summed E-state index contributed by atoms with van der Waals surface area (Å²) < 4.78 is 0. The number of nitrogens with zero attached hydrogens (tertiary/aromatic N) is 1. The molecule has 0 bridgehead atoms. The third-order valence-electron chi connectivity index (χ3n) is 4.91. The van der Waals surface area contributed by atoms with Crippen molar-refractivity contribution in [3.8, 4) is 11.1 Å². The lowest BCUT2D eigenvalue weighted by Crippen LogP contribution is -2.18. The number of rotatable bonds is 5. The summed E-state index contributed by atoms with van der Waals surface area (Å²) in [6, 6.07) is 25.4. The van der Waals surface area contributed by atoms with Gasteiger partial charge in [0.1, 0.15) is 0 Å². The zero-order chi connectivity index (χ0) is 18.6. The van der Waals surface area contributed by atoms with E-state index in [0.717, 1.165) is 22.7 Å². The molecule has 0 aliphatic rings. The van der Waals surface area contributed by atoms with Crippen molar-refractivity contribution in [3.63, 3.8) is 0 Å². The predicted molar refractivity (Wildman–Crippen MR) is 114 cm³/mol. The highest BCUT2D eigenvalue weighted by molar-refractivity contribution is 6.33. The molecule has 4 rings (SSSR count). The average molecular weight is 373 g/mol. The first-order valence-corrected chi connectivity index (χ1v) is 9.50. The van der Waals surface area contributed by atoms with E-state index in [0.29, 0.717) is 0 Å². The van der Waals surface area contributed by atoms with Crippen LogP contribution in [0.15, 0.2) is 85.2 Å². The van der Waals surface area contributed by atoms with Crippen LogP contribution >= 0.6 is 11.6 Å². The monoisotopic (exact) mass is 372 g/mol. The Morgan fingerprint density at radius 3 is 2.67 bits per heavy atom. The third-order valence-corrected chi connectivity index (χ3v) is 5.24. The molecule has 1 heterocycles. The van der Waals surface area contributed by atoms with Crippen molar-refractivity contribution in [3.05, 3.63) is 101 Å². The molecule has 0 fully saturated rings. The van der Waals surface area contributed by atoms with Crippen LogP contribution in [0, 0.1) is 0 Å². The van der Waals surface area contributed by atoms with Crippen molar-refractivity contribution >= 4 is 22.4 Å². The summed E-state index contributed by atoms with van der Waals surface area (Å²) in [5.74, 6) is 0. The Labute approximate surface area is 164 Å². The molecule has 0 amide bonds. The van der Waals surface area contributed by atoms with Crippen LogP contribution in [0.4, 0.5) is 0 Å². The second-order valence-electron chi connectivity index (χ2n) is 6.73. The molecule has 3 aromatic carbocycles. The number of pyridine rings is 1. The van der Waals surface area contributed by atoms with Gasteiger partial charge in [0.25, 0.3) is 0 Å². The topological polar surface area (TPSA) is 24.9 Å². The Bertz CT molecular complexity index is 1050. The van der Waals surface area contributed by atoms with Gasteiger partial charge in [-0.3, -0.25) is 4.98 Å². The molecular formula is C24H21ClN2. The van der Waals surface area contributed by atoms with Gasteiger partial charge in [-0.2, -0.15) is 0 Å². The fourth-order valence-electron chi connectivity index (χ4n) is 3.43. The molecule has 0 aliphatic heterocycles. The lowest BCUT2D eigenvalue weighted by Gasteiger charge is -2.17. The molecule has 0 saturated heterocycles. The Morgan fingerprint density at radius 1 is 0.963 bits per heavy atom. The Balaban J connectivity index is 1.55. The molecule has 0 radical (unpaired) electrons. The van der Waals surface area contributed by atoms with Gasteiger partial charge in [-0.1, -0.05) is 66.2 Å². The summed E-state index contributed by atoms with van der Waals surface area (Å²) in [5.41, 5.74) is 4.56. The van der Waals surface area contributed by atoms with Crippen LogP contribution in [-0.2, 0) is 6.54 Å². The minimum absolute atomic E-state index is 0.244. The average Bonchev–Trinajstić information content (AvgIpc) is 2.73. The molecule has 1 N–H and O–H groups in total. The van der Waals surface area contributed by atoms with Crippen LogP contribution in [0.3, 0.4) is 0 Å². The van der Waals surface area contributed by atoms with Crippen molar-refractivity contribution in [2.24, 2.45) is 0 Å². The molecule has 0 saturated carbocycles. The van der Waals surface area contributed by atoms with E-state index >= 15 is 0 Å². The molecule has 2 nitrogen and oxygen atoms in total. The van der Waals surface area contributed by atoms with E-state index in [4.69, 9.17) is 11.6 Å². The van der Waals surface area contributed by atoms with Crippen molar-refractivity contribution in [2.75, 3.05) is 0 Å². The molecule has 134 valence electrons. The van der Waals surface area contributed by atoms with Gasteiger partial charge in [-0.15, -0.1) is 0 Å². The summed E-state index contributed by atoms with van der Waals surface area (Å²) in [5, 5.41) is 6.96. The number of hydrogen-bond donors (Lipinski definition) is 1. The number of nitrogens with one attached hydrogen (secondary N) is 1. The van der Waals surface area contributed by atoms with Gasteiger partial charge in [0.2, 0.25) is 0 Å². The summed E-state index contributed by atoms with van der Waals surface area (Å²) in [6.07, 6.45) is 3.62. The summed E-state index contributed by atoms with van der Waals surface area (Å²) in [7, 11) is 0. The molecule has 0 unspecified atom stereocenters. The van der Waals surface area contributed by atoms with E-state index in [1.54, 1.807) is 6.20 Å². The maximum absolute atomic E-state index is 6.41. The van der Waals surface area contributed by atoms with E-state index < -0.39 is 0 Å². The summed E-state index contributed by atoms with van der Waals surface area (Å²) >= 11 is 6.41. The van der Waals surface area contributed by atoms with Crippen LogP contribution in [0.25, 0.3) is 21.9 Å². The minimum Gasteiger partial charge on any atom is -0.306 e. The minimum atomic E-state index is 0.244. The van der Waals surface area contributed by atoms with E-state index in [1.165, 1.54) is 21.9 Å². The first-order chi connectivity index (χ1) is 13.2. The van der Waals surface area contributed by atoms with E-state index in [2.05, 4.69) is 71.8 Å². The lowest BCUT2D eigenvalue weighted by atomic mass is 9.99. The largest absolute Gasteiger partial charge is 0.306 e. The van der Waals surface area contributed by atoms with Crippen molar-refractivity contribution in [2.45, 2.75) is 19.5 Å². The first-order valence-electron chi connectivity index (χ1n) is 9.12. The van der Waals surface area contributed by atoms with Crippen LogP contribution in [0.2, 0.25) is 5.02 Å². The quantitative estimate of drug-likeness (QED) is 0.438. The van der Waals surface area contributed by atoms with Crippen molar-refractivity contribution in [1.82, 2.24) is 10.3 Å².